The summed E-state index contributed by atoms with van der Waals surface area (Å²) in [5, 5.41) is 0.446. The molecule has 0 radical (unpaired) electrons. The van der Waals surface area contributed by atoms with Gasteiger partial charge in [0.1, 0.15) is 19.3 Å². The molecule has 2 amide bonds. The van der Waals surface area contributed by atoms with E-state index >= 15 is 0 Å². The minimum absolute atomic E-state index is 0.00239. The molecule has 150 valence electrons. The molecule has 2 saturated heterocycles. The number of hydrogen-bond acceptors (Lipinski definition) is 6. The third-order valence-corrected chi connectivity index (χ3v) is 6.10. The van der Waals surface area contributed by atoms with Gasteiger partial charge in [-0.25, -0.2) is 0 Å². The molecule has 0 saturated carbocycles. The number of nitrogens with zero attached hydrogens (tertiary/aromatic N) is 2. The molecule has 4 rings (SSSR count). The molecule has 0 aromatic heterocycles. The van der Waals surface area contributed by atoms with Gasteiger partial charge < -0.3 is 24.0 Å². The molecule has 0 aliphatic carbocycles. The van der Waals surface area contributed by atoms with Crippen LogP contribution in [0.5, 0.6) is 11.5 Å². The van der Waals surface area contributed by atoms with Gasteiger partial charge in [-0.2, -0.15) is 0 Å². The monoisotopic (exact) mass is 424 g/mol. The normalized spacial score (nSPS) is 22.0. The smallest absolute Gasteiger partial charge is 0.247 e. The minimum atomic E-state index is -0.427. The molecule has 1 unspecified atom stereocenters. The Morgan fingerprint density at radius 1 is 1.14 bits per heavy atom. The van der Waals surface area contributed by atoms with Crippen LogP contribution in [0.25, 0.3) is 6.08 Å². The first-order chi connectivity index (χ1) is 13.6. The van der Waals surface area contributed by atoms with Crippen molar-refractivity contribution in [2.45, 2.75) is 6.04 Å². The van der Waals surface area contributed by atoms with E-state index in [9.17, 15) is 9.59 Å². The lowest BCUT2D eigenvalue weighted by atomic mass is 10.1. The number of fused-ring (bicyclic) bond motifs is 1. The number of morpholine rings is 1. The van der Waals surface area contributed by atoms with E-state index in [1.54, 1.807) is 39.8 Å². The van der Waals surface area contributed by atoms with E-state index in [0.717, 1.165) is 5.56 Å². The number of rotatable bonds is 3. The van der Waals surface area contributed by atoms with Crippen LogP contribution in [-0.4, -0.2) is 78.8 Å². The number of hydrogen-bond donors (Lipinski definition) is 0. The number of carbonyl (C=O) groups excluding carboxylic acids is 2. The van der Waals surface area contributed by atoms with Gasteiger partial charge in [0.25, 0.3) is 0 Å². The lowest BCUT2D eigenvalue weighted by Gasteiger charge is -2.31. The lowest BCUT2D eigenvalue weighted by molar-refractivity contribution is -0.144. The van der Waals surface area contributed by atoms with Crippen LogP contribution >= 0.6 is 23.4 Å². The van der Waals surface area contributed by atoms with Crippen LogP contribution in [-0.2, 0) is 14.3 Å². The van der Waals surface area contributed by atoms with Crippen LogP contribution in [0.1, 0.15) is 5.56 Å². The van der Waals surface area contributed by atoms with Crippen molar-refractivity contribution in [2.24, 2.45) is 0 Å². The standard InChI is InChI=1S/C19H21ClN2O5S/c20-14-9-13(10-16-18(14)27-8-7-26-16)1-2-17(23)22-12-28-11-15(22)19(24)21-3-5-25-6-4-21/h1-2,9-10,15H,3-8,11-12H2/b2-1+. The highest BCUT2D eigenvalue weighted by Crippen LogP contribution is 2.38. The summed E-state index contributed by atoms with van der Waals surface area (Å²) in [6, 6.07) is 3.09. The molecule has 3 aliphatic rings. The van der Waals surface area contributed by atoms with E-state index in [-0.39, 0.29) is 11.8 Å². The maximum Gasteiger partial charge on any atom is 0.247 e. The topological polar surface area (TPSA) is 68.3 Å². The largest absolute Gasteiger partial charge is 0.486 e. The first kappa shape index (κ1) is 19.4. The molecule has 7 nitrogen and oxygen atoms in total. The van der Waals surface area contributed by atoms with Gasteiger partial charge in [0.2, 0.25) is 11.8 Å². The summed E-state index contributed by atoms with van der Waals surface area (Å²) in [6.45, 7) is 3.17. The number of benzene rings is 1. The Morgan fingerprint density at radius 2 is 1.93 bits per heavy atom. The highest BCUT2D eigenvalue weighted by molar-refractivity contribution is 7.99. The Hall–Kier alpha value is -1.90. The van der Waals surface area contributed by atoms with Gasteiger partial charge in [-0.1, -0.05) is 11.6 Å². The molecule has 3 heterocycles. The summed E-state index contributed by atoms with van der Waals surface area (Å²) in [7, 11) is 0. The molecular formula is C19H21ClN2O5S. The summed E-state index contributed by atoms with van der Waals surface area (Å²) >= 11 is 7.83. The summed E-state index contributed by atoms with van der Waals surface area (Å²) in [4.78, 5) is 28.9. The van der Waals surface area contributed by atoms with Gasteiger partial charge in [0.15, 0.2) is 11.5 Å². The SMILES string of the molecule is O=C(C1CSCN1C(=O)/C=C/c1cc(Cl)c2c(c1)OCCO2)N1CCOCC1. The van der Waals surface area contributed by atoms with Crippen molar-refractivity contribution >= 4 is 41.3 Å². The zero-order valence-electron chi connectivity index (χ0n) is 15.3. The number of thioether (sulfide) groups is 1. The fourth-order valence-electron chi connectivity index (χ4n) is 3.35. The van der Waals surface area contributed by atoms with Crippen molar-refractivity contribution in [1.29, 1.82) is 0 Å². The quantitative estimate of drug-likeness (QED) is 0.690. The molecule has 2 fully saturated rings. The molecule has 28 heavy (non-hydrogen) atoms. The number of carbonyl (C=O) groups is 2. The van der Waals surface area contributed by atoms with Crippen molar-refractivity contribution in [1.82, 2.24) is 9.80 Å². The van der Waals surface area contributed by atoms with E-state index in [1.807, 2.05) is 0 Å². The average molecular weight is 425 g/mol. The second-order valence-electron chi connectivity index (χ2n) is 6.62. The summed E-state index contributed by atoms with van der Waals surface area (Å²) < 4.78 is 16.4. The Labute approximate surface area is 172 Å². The Balaban J connectivity index is 1.45. The van der Waals surface area contributed by atoms with E-state index in [2.05, 4.69) is 0 Å². The zero-order valence-corrected chi connectivity index (χ0v) is 16.8. The minimum Gasteiger partial charge on any atom is -0.486 e. The van der Waals surface area contributed by atoms with Crippen LogP contribution in [0.2, 0.25) is 5.02 Å². The summed E-state index contributed by atoms with van der Waals surface area (Å²) in [6.07, 6.45) is 3.17. The highest BCUT2D eigenvalue weighted by atomic mass is 35.5. The molecule has 0 N–H and O–H groups in total. The van der Waals surface area contributed by atoms with E-state index in [0.29, 0.717) is 67.7 Å². The maximum atomic E-state index is 12.8. The fourth-order valence-corrected chi connectivity index (χ4v) is 4.78. The lowest BCUT2D eigenvalue weighted by Crippen LogP contribution is -2.51. The second kappa shape index (κ2) is 8.63. The maximum absolute atomic E-state index is 12.8. The van der Waals surface area contributed by atoms with Gasteiger partial charge in [0.05, 0.1) is 24.1 Å². The van der Waals surface area contributed by atoms with Crippen molar-refractivity contribution in [3.05, 3.63) is 28.8 Å². The van der Waals surface area contributed by atoms with Gasteiger partial charge >= 0.3 is 0 Å². The summed E-state index contributed by atoms with van der Waals surface area (Å²) in [5.74, 6) is 2.03. The van der Waals surface area contributed by atoms with Crippen LogP contribution < -0.4 is 9.47 Å². The number of halogens is 1. The predicted octanol–water partition coefficient (Wildman–Crippen LogP) is 1.88. The van der Waals surface area contributed by atoms with Gasteiger partial charge in [-0.3, -0.25) is 9.59 Å². The summed E-state index contributed by atoms with van der Waals surface area (Å²) in [5.41, 5.74) is 0.741. The molecule has 1 aromatic rings. The third-order valence-electron chi connectivity index (χ3n) is 4.81. The molecule has 0 bridgehead atoms. The Kier molecular flexibility index (Phi) is 5.99. The molecular weight excluding hydrogens is 404 g/mol. The first-order valence-electron chi connectivity index (χ1n) is 9.15. The van der Waals surface area contributed by atoms with Gasteiger partial charge in [-0.05, 0) is 23.8 Å². The molecule has 3 aliphatic heterocycles. The van der Waals surface area contributed by atoms with Crippen LogP contribution in [0.3, 0.4) is 0 Å². The van der Waals surface area contributed by atoms with Crippen LogP contribution in [0.4, 0.5) is 0 Å². The Morgan fingerprint density at radius 3 is 2.75 bits per heavy atom. The highest BCUT2D eigenvalue weighted by Gasteiger charge is 2.36. The number of amides is 2. The molecule has 9 heteroatoms. The van der Waals surface area contributed by atoms with Gasteiger partial charge in [-0.15, -0.1) is 11.8 Å². The molecule has 1 atom stereocenters. The molecule has 1 aromatic carbocycles. The molecule has 0 spiro atoms. The van der Waals surface area contributed by atoms with Gasteiger partial charge in [0, 0.05) is 24.9 Å². The van der Waals surface area contributed by atoms with Crippen LogP contribution in [0, 0.1) is 0 Å². The van der Waals surface area contributed by atoms with Crippen LogP contribution in [0.15, 0.2) is 18.2 Å². The second-order valence-corrected chi connectivity index (χ2v) is 8.03. The van der Waals surface area contributed by atoms with E-state index in [1.165, 1.54) is 6.08 Å². The fraction of sp³-hybridized carbons (Fsp3) is 0.474. The number of ether oxygens (including phenoxy) is 3. The first-order valence-corrected chi connectivity index (χ1v) is 10.7. The van der Waals surface area contributed by atoms with Crippen molar-refractivity contribution in [2.75, 3.05) is 51.1 Å². The van der Waals surface area contributed by atoms with Crippen molar-refractivity contribution in [3.8, 4) is 11.5 Å². The van der Waals surface area contributed by atoms with E-state index < -0.39 is 6.04 Å². The average Bonchev–Trinajstić information content (AvgIpc) is 3.22. The Bertz CT molecular complexity index is 797. The van der Waals surface area contributed by atoms with Crippen molar-refractivity contribution in [3.63, 3.8) is 0 Å². The third kappa shape index (κ3) is 4.09. The van der Waals surface area contributed by atoms with Crippen molar-refractivity contribution < 1.29 is 23.8 Å². The zero-order chi connectivity index (χ0) is 19.5. The predicted molar refractivity (Wildman–Crippen MR) is 107 cm³/mol. The van der Waals surface area contributed by atoms with E-state index in [4.69, 9.17) is 25.8 Å².